The van der Waals surface area contributed by atoms with Crippen LogP contribution in [-0.4, -0.2) is 40.0 Å². The van der Waals surface area contributed by atoms with Gasteiger partial charge in [-0.3, -0.25) is 14.5 Å². The van der Waals surface area contributed by atoms with Crippen LogP contribution in [0.2, 0.25) is 0 Å². The van der Waals surface area contributed by atoms with Gasteiger partial charge >= 0.3 is 6.09 Å². The van der Waals surface area contributed by atoms with Crippen LogP contribution >= 0.6 is 0 Å². The Morgan fingerprint density at radius 1 is 1.12 bits per heavy atom. The minimum Gasteiger partial charge on any atom is -0.453 e. The number of halogens is 1. The summed E-state index contributed by atoms with van der Waals surface area (Å²) < 4.78 is 20.4. The minimum absolute atomic E-state index is 0.252. The summed E-state index contributed by atoms with van der Waals surface area (Å²) in [6, 6.07) is 11.6. The van der Waals surface area contributed by atoms with E-state index in [4.69, 9.17) is 0 Å². The van der Waals surface area contributed by atoms with Crippen molar-refractivity contribution in [3.05, 3.63) is 78.0 Å². The van der Waals surface area contributed by atoms with Gasteiger partial charge in [0.05, 0.1) is 24.6 Å². The molecular weight excluding hydrogens is 425 g/mol. The molecule has 0 aliphatic carbocycles. The quantitative estimate of drug-likeness (QED) is 0.480. The molecule has 3 heterocycles. The second kappa shape index (κ2) is 9.07. The van der Waals surface area contributed by atoms with Gasteiger partial charge in [-0.2, -0.15) is 0 Å². The van der Waals surface area contributed by atoms with Crippen LogP contribution in [0.4, 0.5) is 20.7 Å². The largest absolute Gasteiger partial charge is 0.453 e. The maximum absolute atomic E-state index is 14.1. The molecular formula is C24H22FN5O3. The van der Waals surface area contributed by atoms with Gasteiger partial charge in [-0.1, -0.05) is 6.07 Å². The number of pyridine rings is 2. The van der Waals surface area contributed by atoms with Crippen molar-refractivity contribution in [2.45, 2.75) is 13.8 Å². The normalized spacial score (nSPS) is 10.8. The number of anilines is 2. The molecule has 1 aromatic carbocycles. The highest BCUT2D eigenvalue weighted by Gasteiger charge is 2.19. The number of carbonyl (C=O) groups is 2. The highest BCUT2D eigenvalue weighted by Crippen LogP contribution is 2.24. The predicted molar refractivity (Wildman–Crippen MR) is 123 cm³/mol. The van der Waals surface area contributed by atoms with E-state index < -0.39 is 6.09 Å². The predicted octanol–water partition coefficient (Wildman–Crippen LogP) is 4.69. The minimum atomic E-state index is -0.609. The van der Waals surface area contributed by atoms with Gasteiger partial charge in [0.15, 0.2) is 0 Å². The zero-order valence-corrected chi connectivity index (χ0v) is 18.4. The number of fused-ring (bicyclic) bond motifs is 1. The topological polar surface area (TPSA) is 88.8 Å². The Balaban J connectivity index is 1.66. The van der Waals surface area contributed by atoms with E-state index in [0.717, 1.165) is 11.3 Å². The Morgan fingerprint density at radius 3 is 2.61 bits per heavy atom. The Labute approximate surface area is 189 Å². The number of aromatic nitrogens is 3. The highest BCUT2D eigenvalue weighted by atomic mass is 19.1. The van der Waals surface area contributed by atoms with E-state index in [1.54, 1.807) is 66.3 Å². The molecule has 0 aliphatic rings. The third kappa shape index (κ3) is 4.38. The van der Waals surface area contributed by atoms with Crippen LogP contribution < -0.4 is 10.2 Å². The molecule has 3 aromatic heterocycles. The number of nitrogens with one attached hydrogen (secondary N) is 1. The molecule has 0 unspecified atom stereocenters. The van der Waals surface area contributed by atoms with Crippen molar-refractivity contribution in [3.8, 4) is 11.3 Å². The van der Waals surface area contributed by atoms with Crippen LogP contribution in [-0.2, 0) is 4.74 Å². The van der Waals surface area contributed by atoms with Gasteiger partial charge in [-0.15, -0.1) is 0 Å². The first kappa shape index (κ1) is 21.9. The van der Waals surface area contributed by atoms with Gasteiger partial charge in [0.25, 0.3) is 5.91 Å². The molecule has 1 N–H and O–H groups in total. The summed E-state index contributed by atoms with van der Waals surface area (Å²) in [5, 5.41) is 2.50. The molecule has 0 bridgehead atoms. The van der Waals surface area contributed by atoms with Gasteiger partial charge < -0.3 is 9.64 Å². The third-order valence-corrected chi connectivity index (χ3v) is 5.26. The van der Waals surface area contributed by atoms with Crippen molar-refractivity contribution in [2.24, 2.45) is 0 Å². The number of rotatable bonds is 5. The number of benzene rings is 1. The molecule has 2 amide bonds. The smallest absolute Gasteiger partial charge is 0.412 e. The first-order valence-electron chi connectivity index (χ1n) is 10.3. The summed E-state index contributed by atoms with van der Waals surface area (Å²) in [6.45, 7) is 3.90. The molecule has 168 valence electrons. The second-order valence-corrected chi connectivity index (χ2v) is 7.32. The average molecular weight is 447 g/mol. The van der Waals surface area contributed by atoms with Crippen molar-refractivity contribution < 1.29 is 18.7 Å². The maximum Gasteiger partial charge on any atom is 0.412 e. The summed E-state index contributed by atoms with van der Waals surface area (Å²) in [4.78, 5) is 34.7. The van der Waals surface area contributed by atoms with E-state index in [2.05, 4.69) is 20.0 Å². The molecule has 0 saturated carbocycles. The molecule has 0 spiro atoms. The van der Waals surface area contributed by atoms with Gasteiger partial charge in [0.1, 0.15) is 17.3 Å². The molecule has 0 aliphatic heterocycles. The van der Waals surface area contributed by atoms with Crippen molar-refractivity contribution in [2.75, 3.05) is 23.9 Å². The van der Waals surface area contributed by atoms with E-state index in [9.17, 15) is 14.0 Å². The number of methoxy groups -OCH3 is 1. The van der Waals surface area contributed by atoms with Crippen molar-refractivity contribution in [3.63, 3.8) is 0 Å². The number of aryl methyl sites for hydroxylation is 1. The van der Waals surface area contributed by atoms with Gasteiger partial charge in [-0.25, -0.2) is 19.2 Å². The highest BCUT2D eigenvalue weighted by molar-refractivity contribution is 6.06. The van der Waals surface area contributed by atoms with Crippen LogP contribution in [0.5, 0.6) is 0 Å². The zero-order valence-electron chi connectivity index (χ0n) is 18.4. The molecule has 4 aromatic rings. The SMILES string of the molecule is CCN(C(=O)c1ccc2ncc(-c3ccc(NC(=O)OC)nc3)n2c1)c1ccc(C)c(F)c1. The maximum atomic E-state index is 14.1. The zero-order chi connectivity index (χ0) is 23.5. The van der Waals surface area contributed by atoms with Crippen LogP contribution in [0.25, 0.3) is 16.9 Å². The lowest BCUT2D eigenvalue weighted by atomic mass is 10.1. The number of ether oxygens (including phenoxy) is 1. The molecule has 0 radical (unpaired) electrons. The Morgan fingerprint density at radius 2 is 1.94 bits per heavy atom. The van der Waals surface area contributed by atoms with Gasteiger partial charge in [-0.05, 0) is 55.8 Å². The van der Waals surface area contributed by atoms with Crippen molar-refractivity contribution >= 4 is 29.2 Å². The lowest BCUT2D eigenvalue weighted by Gasteiger charge is -2.21. The molecule has 0 fully saturated rings. The summed E-state index contributed by atoms with van der Waals surface area (Å²) in [5.74, 6) is -0.263. The third-order valence-electron chi connectivity index (χ3n) is 5.26. The summed E-state index contributed by atoms with van der Waals surface area (Å²) in [5.41, 5.74) is 3.57. The van der Waals surface area contributed by atoms with E-state index in [-0.39, 0.29) is 11.7 Å². The molecule has 9 heteroatoms. The summed E-state index contributed by atoms with van der Waals surface area (Å²) in [6.07, 6.45) is 4.37. The number of carbonyl (C=O) groups excluding carboxylic acids is 2. The van der Waals surface area contributed by atoms with E-state index >= 15 is 0 Å². The molecule has 0 saturated heterocycles. The van der Waals surface area contributed by atoms with Gasteiger partial charge in [0, 0.05) is 30.2 Å². The summed E-state index contributed by atoms with van der Waals surface area (Å²) >= 11 is 0. The first-order chi connectivity index (χ1) is 15.9. The van der Waals surface area contributed by atoms with Crippen molar-refractivity contribution in [1.29, 1.82) is 0 Å². The van der Waals surface area contributed by atoms with E-state index in [0.29, 0.717) is 34.8 Å². The first-order valence-corrected chi connectivity index (χ1v) is 10.3. The molecule has 8 nitrogen and oxygen atoms in total. The number of hydrogen-bond donors (Lipinski definition) is 1. The monoisotopic (exact) mass is 447 g/mol. The van der Waals surface area contributed by atoms with Gasteiger partial charge in [0.2, 0.25) is 0 Å². The lowest BCUT2D eigenvalue weighted by Crippen LogP contribution is -2.31. The summed E-state index contributed by atoms with van der Waals surface area (Å²) in [7, 11) is 1.27. The molecule has 33 heavy (non-hydrogen) atoms. The number of amides is 2. The van der Waals surface area contributed by atoms with Crippen LogP contribution in [0.15, 0.2) is 61.1 Å². The number of imidazole rings is 1. The number of nitrogens with zero attached hydrogens (tertiary/aromatic N) is 4. The van der Waals surface area contributed by atoms with Crippen LogP contribution in [0.1, 0.15) is 22.8 Å². The van der Waals surface area contributed by atoms with Crippen LogP contribution in [0, 0.1) is 12.7 Å². The lowest BCUT2D eigenvalue weighted by molar-refractivity contribution is 0.0988. The Bertz CT molecular complexity index is 1330. The van der Waals surface area contributed by atoms with E-state index in [1.165, 1.54) is 18.1 Å². The Kier molecular flexibility index (Phi) is 6.03. The Hall–Kier alpha value is -4.27. The second-order valence-electron chi connectivity index (χ2n) is 7.32. The fraction of sp³-hybridized carbons (Fsp3) is 0.167. The average Bonchev–Trinajstić information content (AvgIpc) is 3.25. The van der Waals surface area contributed by atoms with E-state index in [1.807, 2.05) is 6.92 Å². The molecule has 4 rings (SSSR count). The van der Waals surface area contributed by atoms with Crippen molar-refractivity contribution in [1.82, 2.24) is 14.4 Å². The standard InChI is InChI=1S/C24H22FN5O3/c1-4-29(18-8-5-15(2)19(25)11-18)23(31)17-7-10-22-27-13-20(30(22)14-17)16-6-9-21(26-12-16)28-24(32)33-3/h5-14H,4H2,1-3H3,(H,26,28,32). The number of hydrogen-bond acceptors (Lipinski definition) is 5. The fourth-order valence-corrected chi connectivity index (χ4v) is 3.44. The van der Waals surface area contributed by atoms with Crippen LogP contribution in [0.3, 0.4) is 0 Å². The molecule has 0 atom stereocenters. The fourth-order valence-electron chi connectivity index (χ4n) is 3.44.